The molecule has 5 N–H and O–H groups in total. The van der Waals surface area contributed by atoms with E-state index >= 15 is 0 Å². The van der Waals surface area contributed by atoms with E-state index in [-0.39, 0.29) is 12.1 Å². The number of nitrogens with one attached hydrogen (secondary N) is 2. The Labute approximate surface area is 160 Å². The summed E-state index contributed by atoms with van der Waals surface area (Å²) in [6.07, 6.45) is -0.625. The van der Waals surface area contributed by atoms with E-state index in [0.29, 0.717) is 23.8 Å². The number of aliphatic hydroxyl groups is 1. The number of hydrogen-bond donors (Lipinski definition) is 4. The number of anilines is 2. The van der Waals surface area contributed by atoms with Crippen LogP contribution in [0.5, 0.6) is 5.75 Å². The Morgan fingerprint density at radius 3 is 2.48 bits per heavy atom. The molecule has 1 atom stereocenters. The third-order valence-corrected chi connectivity index (χ3v) is 3.87. The molecule has 0 spiro atoms. The second-order valence-corrected chi connectivity index (χ2v) is 7.62. The van der Waals surface area contributed by atoms with Crippen molar-refractivity contribution in [1.29, 1.82) is 0 Å². The molecule has 8 heteroatoms. The van der Waals surface area contributed by atoms with Crippen molar-refractivity contribution in [3.05, 3.63) is 30.3 Å². The molecule has 0 aliphatic heterocycles. The van der Waals surface area contributed by atoms with E-state index in [1.54, 1.807) is 6.07 Å². The van der Waals surface area contributed by atoms with Crippen molar-refractivity contribution in [3.63, 3.8) is 0 Å². The molecule has 0 saturated heterocycles. The van der Waals surface area contributed by atoms with Gasteiger partial charge in [0, 0.05) is 37.4 Å². The summed E-state index contributed by atoms with van der Waals surface area (Å²) in [5.74, 6) is 6.47. The molecule has 0 radical (unpaired) electrons. The first-order chi connectivity index (χ1) is 12.7. The predicted octanol–water partition coefficient (Wildman–Crippen LogP) is 1.62. The molecule has 0 saturated carbocycles. The Kier molecular flexibility index (Phi) is 6.95. The predicted molar refractivity (Wildman–Crippen MR) is 109 cm³/mol. The highest BCUT2D eigenvalue weighted by molar-refractivity contribution is 5.72. The van der Waals surface area contributed by atoms with E-state index in [1.165, 1.54) is 0 Å². The van der Waals surface area contributed by atoms with Gasteiger partial charge in [-0.15, -0.1) is 10.2 Å². The van der Waals surface area contributed by atoms with Crippen LogP contribution in [0.1, 0.15) is 20.8 Å². The number of ether oxygens (including phenoxy) is 1. The van der Waals surface area contributed by atoms with Gasteiger partial charge in [0.25, 0.3) is 0 Å². The molecular weight excluding hydrogens is 344 g/mol. The van der Waals surface area contributed by atoms with E-state index in [2.05, 4.69) is 41.7 Å². The van der Waals surface area contributed by atoms with Gasteiger partial charge in [0.05, 0.1) is 5.69 Å². The summed E-state index contributed by atoms with van der Waals surface area (Å²) in [5, 5.41) is 21.7. The highest BCUT2D eigenvalue weighted by atomic mass is 16.5. The number of hydrazine groups is 1. The number of nitrogens with zero attached hydrogens (tertiary/aromatic N) is 3. The minimum atomic E-state index is -0.625. The molecule has 0 bridgehead atoms. The number of aromatic nitrogens is 2. The highest BCUT2D eigenvalue weighted by Crippen LogP contribution is 2.32. The second kappa shape index (κ2) is 8.98. The summed E-state index contributed by atoms with van der Waals surface area (Å²) in [4.78, 5) is 2.00. The van der Waals surface area contributed by atoms with Crippen LogP contribution in [-0.4, -0.2) is 54.2 Å². The summed E-state index contributed by atoms with van der Waals surface area (Å²) in [6, 6.07) is 9.39. The average Bonchev–Trinajstić information content (AvgIpc) is 2.64. The quantitative estimate of drug-likeness (QED) is 0.408. The van der Waals surface area contributed by atoms with Crippen LogP contribution >= 0.6 is 0 Å². The van der Waals surface area contributed by atoms with Gasteiger partial charge in [-0.05, 0) is 51.1 Å². The largest absolute Gasteiger partial charge is 0.490 e. The topological polar surface area (TPSA) is 109 Å². The zero-order valence-corrected chi connectivity index (χ0v) is 16.7. The highest BCUT2D eigenvalue weighted by Gasteiger charge is 2.15. The number of benzene rings is 1. The summed E-state index contributed by atoms with van der Waals surface area (Å²) >= 11 is 0. The molecule has 1 heterocycles. The number of nitrogens with two attached hydrogens (primary N) is 1. The zero-order valence-electron chi connectivity index (χ0n) is 16.7. The average molecular weight is 374 g/mol. The van der Waals surface area contributed by atoms with E-state index in [4.69, 9.17) is 10.6 Å². The first-order valence-corrected chi connectivity index (χ1v) is 8.87. The van der Waals surface area contributed by atoms with Crippen LogP contribution in [0.2, 0.25) is 0 Å². The lowest BCUT2D eigenvalue weighted by atomic mass is 10.1. The van der Waals surface area contributed by atoms with Crippen LogP contribution in [0.4, 0.5) is 11.5 Å². The Hall–Kier alpha value is -2.42. The van der Waals surface area contributed by atoms with Gasteiger partial charge in [0.2, 0.25) is 0 Å². The first kappa shape index (κ1) is 20.9. The molecule has 1 aromatic carbocycles. The molecule has 8 nitrogen and oxygen atoms in total. The lowest BCUT2D eigenvalue weighted by Crippen LogP contribution is -2.42. The molecule has 2 rings (SSSR count). The maximum Gasteiger partial charge on any atom is 0.162 e. The standard InChI is InChI=1S/C19H30N6O2/c1-19(2,3)21-11-14(26)12-27-17-8-6-13(25(4)5)10-15(17)16-7-9-18(22-20)24-23-16/h6-10,14,21,26H,11-12,20H2,1-5H3,(H,22,24). The first-order valence-electron chi connectivity index (χ1n) is 8.87. The zero-order chi connectivity index (χ0) is 20.0. The number of β-amino-alcohol motifs (C(OH)–C–C–N with tert-alkyl or cyclic N) is 1. The Balaban J connectivity index is 2.19. The SMILES string of the molecule is CN(C)c1ccc(OCC(O)CNC(C)(C)C)c(-c2ccc(NN)nn2)c1. The van der Waals surface area contributed by atoms with Crippen molar-refractivity contribution in [2.75, 3.05) is 37.6 Å². The van der Waals surface area contributed by atoms with Gasteiger partial charge in [-0.25, -0.2) is 5.84 Å². The summed E-state index contributed by atoms with van der Waals surface area (Å²) in [5.41, 5.74) is 4.87. The minimum absolute atomic E-state index is 0.0616. The van der Waals surface area contributed by atoms with Crippen molar-refractivity contribution in [2.24, 2.45) is 5.84 Å². The minimum Gasteiger partial charge on any atom is -0.490 e. The van der Waals surface area contributed by atoms with Gasteiger partial charge >= 0.3 is 0 Å². The van der Waals surface area contributed by atoms with Crippen LogP contribution < -0.4 is 26.2 Å². The van der Waals surface area contributed by atoms with E-state index in [1.807, 2.05) is 43.3 Å². The maximum atomic E-state index is 10.2. The summed E-state index contributed by atoms with van der Waals surface area (Å²) < 4.78 is 5.89. The van der Waals surface area contributed by atoms with Crippen molar-refractivity contribution in [3.8, 4) is 17.0 Å². The molecule has 0 aliphatic rings. The van der Waals surface area contributed by atoms with Crippen LogP contribution in [0.25, 0.3) is 11.3 Å². The Bertz CT molecular complexity index is 728. The van der Waals surface area contributed by atoms with Crippen LogP contribution in [0, 0.1) is 0 Å². The molecule has 27 heavy (non-hydrogen) atoms. The van der Waals surface area contributed by atoms with Crippen molar-refractivity contribution in [1.82, 2.24) is 15.5 Å². The molecule has 2 aromatic rings. The lowest BCUT2D eigenvalue weighted by Gasteiger charge is -2.23. The van der Waals surface area contributed by atoms with E-state index in [0.717, 1.165) is 11.3 Å². The van der Waals surface area contributed by atoms with Crippen molar-refractivity contribution < 1.29 is 9.84 Å². The maximum absolute atomic E-state index is 10.2. The molecule has 0 amide bonds. The summed E-state index contributed by atoms with van der Waals surface area (Å²) in [7, 11) is 3.93. The summed E-state index contributed by atoms with van der Waals surface area (Å²) in [6.45, 7) is 6.78. The smallest absolute Gasteiger partial charge is 0.162 e. The van der Waals surface area contributed by atoms with Crippen LogP contribution in [0.3, 0.4) is 0 Å². The van der Waals surface area contributed by atoms with Gasteiger partial charge < -0.3 is 25.5 Å². The fourth-order valence-electron chi connectivity index (χ4n) is 2.34. The monoisotopic (exact) mass is 374 g/mol. The second-order valence-electron chi connectivity index (χ2n) is 7.62. The molecule has 0 fully saturated rings. The molecule has 0 aliphatic carbocycles. The Morgan fingerprint density at radius 2 is 1.93 bits per heavy atom. The fourth-order valence-corrected chi connectivity index (χ4v) is 2.34. The van der Waals surface area contributed by atoms with Gasteiger partial charge in [0.1, 0.15) is 18.5 Å². The number of hydrogen-bond acceptors (Lipinski definition) is 8. The van der Waals surface area contributed by atoms with Gasteiger partial charge in [-0.3, -0.25) is 0 Å². The van der Waals surface area contributed by atoms with Crippen molar-refractivity contribution >= 4 is 11.5 Å². The van der Waals surface area contributed by atoms with Gasteiger partial charge in [0.15, 0.2) is 5.82 Å². The van der Waals surface area contributed by atoms with Crippen molar-refractivity contribution in [2.45, 2.75) is 32.4 Å². The van der Waals surface area contributed by atoms with E-state index < -0.39 is 6.10 Å². The van der Waals surface area contributed by atoms with Gasteiger partial charge in [-0.2, -0.15) is 0 Å². The number of nitrogen functional groups attached to an aromatic ring is 1. The normalized spacial score (nSPS) is 12.6. The third-order valence-electron chi connectivity index (χ3n) is 3.87. The van der Waals surface area contributed by atoms with Crippen LogP contribution in [0.15, 0.2) is 30.3 Å². The van der Waals surface area contributed by atoms with Gasteiger partial charge in [-0.1, -0.05) is 0 Å². The molecule has 1 unspecified atom stereocenters. The fraction of sp³-hybridized carbons (Fsp3) is 0.474. The van der Waals surface area contributed by atoms with Crippen LogP contribution in [-0.2, 0) is 0 Å². The molecule has 1 aromatic heterocycles. The number of aliphatic hydroxyl groups excluding tert-OH is 1. The molecular formula is C19H30N6O2. The Morgan fingerprint density at radius 1 is 1.19 bits per heavy atom. The number of rotatable bonds is 8. The van der Waals surface area contributed by atoms with E-state index in [9.17, 15) is 5.11 Å². The lowest BCUT2D eigenvalue weighted by molar-refractivity contribution is 0.100. The molecule has 148 valence electrons. The third kappa shape index (κ3) is 6.35.